The Morgan fingerprint density at radius 1 is 1.32 bits per heavy atom. The van der Waals surface area contributed by atoms with Crippen LogP contribution in [0.2, 0.25) is 0 Å². The minimum atomic E-state index is 0.107. The average molecular weight is 253 g/mol. The minimum Gasteiger partial charge on any atom is -0.365 e. The first-order valence-corrected chi connectivity index (χ1v) is 6.77. The van der Waals surface area contributed by atoms with Gasteiger partial charge in [-0.15, -0.1) is 0 Å². The number of fused-ring (bicyclic) bond motifs is 1. The lowest BCUT2D eigenvalue weighted by Crippen LogP contribution is -2.20. The van der Waals surface area contributed by atoms with E-state index in [9.17, 15) is 0 Å². The van der Waals surface area contributed by atoms with Gasteiger partial charge in [-0.05, 0) is 42.7 Å². The van der Waals surface area contributed by atoms with Gasteiger partial charge in [0.25, 0.3) is 0 Å². The molecule has 1 aliphatic rings. The fourth-order valence-electron chi connectivity index (χ4n) is 2.62. The molecule has 3 heteroatoms. The molecule has 0 aliphatic carbocycles. The van der Waals surface area contributed by atoms with Gasteiger partial charge in [-0.3, -0.25) is 4.98 Å². The third kappa shape index (κ3) is 2.47. The number of anilines is 1. The summed E-state index contributed by atoms with van der Waals surface area (Å²) in [6, 6.07) is 12.8. The Kier molecular flexibility index (Phi) is 3.22. The van der Waals surface area contributed by atoms with Crippen molar-refractivity contribution in [2.45, 2.75) is 25.9 Å². The van der Waals surface area contributed by atoms with Gasteiger partial charge in [0.2, 0.25) is 0 Å². The molecule has 1 unspecified atom stereocenters. The summed E-state index contributed by atoms with van der Waals surface area (Å²) in [4.78, 5) is 6.79. The number of pyridine rings is 1. The van der Waals surface area contributed by atoms with Crippen molar-refractivity contribution in [3.8, 4) is 0 Å². The number of benzene rings is 1. The van der Waals surface area contributed by atoms with Crippen molar-refractivity contribution >= 4 is 5.69 Å². The standard InChI is InChI=1S/C16H19N3/c1-12(17)13-5-6-16-14(10-13)7-9-19(16)11-15-4-2-3-8-18-15/h2-6,8,10,12H,7,9,11,17H2,1H3. The zero-order valence-corrected chi connectivity index (χ0v) is 11.2. The van der Waals surface area contributed by atoms with Gasteiger partial charge in [0.05, 0.1) is 12.2 Å². The van der Waals surface area contributed by atoms with Crippen LogP contribution in [0, 0.1) is 0 Å². The Hall–Kier alpha value is -1.87. The van der Waals surface area contributed by atoms with Gasteiger partial charge in [-0.25, -0.2) is 0 Å². The molecule has 0 saturated carbocycles. The maximum Gasteiger partial charge on any atom is 0.0602 e. The van der Waals surface area contributed by atoms with Crippen molar-refractivity contribution in [1.82, 2.24) is 4.98 Å². The molecular weight excluding hydrogens is 234 g/mol. The van der Waals surface area contributed by atoms with Crippen LogP contribution in [0.1, 0.15) is 29.8 Å². The van der Waals surface area contributed by atoms with Crippen LogP contribution in [0.3, 0.4) is 0 Å². The summed E-state index contributed by atoms with van der Waals surface area (Å²) in [5.41, 5.74) is 11.0. The van der Waals surface area contributed by atoms with E-state index in [1.165, 1.54) is 16.8 Å². The maximum atomic E-state index is 5.94. The van der Waals surface area contributed by atoms with Crippen LogP contribution in [0.25, 0.3) is 0 Å². The van der Waals surface area contributed by atoms with Crippen LogP contribution >= 0.6 is 0 Å². The van der Waals surface area contributed by atoms with Crippen LogP contribution in [0.5, 0.6) is 0 Å². The van der Waals surface area contributed by atoms with Crippen molar-refractivity contribution < 1.29 is 0 Å². The predicted octanol–water partition coefficient (Wildman–Crippen LogP) is 2.66. The summed E-state index contributed by atoms with van der Waals surface area (Å²) >= 11 is 0. The molecule has 98 valence electrons. The predicted molar refractivity (Wildman–Crippen MR) is 78.0 cm³/mol. The monoisotopic (exact) mass is 253 g/mol. The smallest absolute Gasteiger partial charge is 0.0602 e. The Morgan fingerprint density at radius 3 is 2.95 bits per heavy atom. The van der Waals surface area contributed by atoms with E-state index in [4.69, 9.17) is 5.73 Å². The van der Waals surface area contributed by atoms with E-state index < -0.39 is 0 Å². The number of hydrogen-bond donors (Lipinski definition) is 1. The molecule has 0 fully saturated rings. The third-order valence-electron chi connectivity index (χ3n) is 3.70. The Bertz CT molecular complexity index is 563. The van der Waals surface area contributed by atoms with E-state index in [0.29, 0.717) is 0 Å². The second-order valence-electron chi connectivity index (χ2n) is 5.17. The molecular formula is C16H19N3. The normalized spacial score (nSPS) is 15.4. The first kappa shape index (κ1) is 12.2. The number of nitrogens with zero attached hydrogens (tertiary/aromatic N) is 2. The molecule has 0 bridgehead atoms. The van der Waals surface area contributed by atoms with E-state index in [1.54, 1.807) is 0 Å². The van der Waals surface area contributed by atoms with Crippen molar-refractivity contribution in [1.29, 1.82) is 0 Å². The van der Waals surface area contributed by atoms with E-state index >= 15 is 0 Å². The highest BCUT2D eigenvalue weighted by molar-refractivity contribution is 5.59. The van der Waals surface area contributed by atoms with Crippen LogP contribution in [-0.2, 0) is 13.0 Å². The fraction of sp³-hybridized carbons (Fsp3) is 0.312. The minimum absolute atomic E-state index is 0.107. The molecule has 2 aromatic rings. The van der Waals surface area contributed by atoms with E-state index in [-0.39, 0.29) is 6.04 Å². The summed E-state index contributed by atoms with van der Waals surface area (Å²) in [5.74, 6) is 0. The average Bonchev–Trinajstić information content (AvgIpc) is 2.82. The molecule has 0 spiro atoms. The fourth-order valence-corrected chi connectivity index (χ4v) is 2.62. The van der Waals surface area contributed by atoms with Crippen molar-refractivity contribution in [3.05, 3.63) is 59.4 Å². The Morgan fingerprint density at radius 2 is 2.21 bits per heavy atom. The molecule has 1 aromatic carbocycles. The lowest BCUT2D eigenvalue weighted by molar-refractivity contribution is 0.814. The quantitative estimate of drug-likeness (QED) is 0.914. The maximum absolute atomic E-state index is 5.94. The number of rotatable bonds is 3. The molecule has 3 rings (SSSR count). The topological polar surface area (TPSA) is 42.1 Å². The Labute approximate surface area is 114 Å². The highest BCUT2D eigenvalue weighted by Crippen LogP contribution is 2.31. The molecule has 1 aromatic heterocycles. The highest BCUT2D eigenvalue weighted by Gasteiger charge is 2.20. The molecule has 19 heavy (non-hydrogen) atoms. The van der Waals surface area contributed by atoms with Crippen LogP contribution in [0.15, 0.2) is 42.6 Å². The third-order valence-corrected chi connectivity index (χ3v) is 3.70. The van der Waals surface area contributed by atoms with Crippen molar-refractivity contribution in [3.63, 3.8) is 0 Å². The molecule has 0 saturated heterocycles. The van der Waals surface area contributed by atoms with E-state index in [1.807, 2.05) is 25.3 Å². The van der Waals surface area contributed by atoms with E-state index in [2.05, 4.69) is 34.1 Å². The number of nitrogens with two attached hydrogens (primary N) is 1. The molecule has 0 amide bonds. The van der Waals surface area contributed by atoms with Gasteiger partial charge in [0.1, 0.15) is 0 Å². The van der Waals surface area contributed by atoms with Gasteiger partial charge in [-0.2, -0.15) is 0 Å². The summed E-state index contributed by atoms with van der Waals surface area (Å²) < 4.78 is 0. The molecule has 3 nitrogen and oxygen atoms in total. The van der Waals surface area contributed by atoms with Crippen LogP contribution in [-0.4, -0.2) is 11.5 Å². The van der Waals surface area contributed by atoms with Gasteiger partial charge in [-0.1, -0.05) is 18.2 Å². The summed E-state index contributed by atoms with van der Waals surface area (Å²) in [7, 11) is 0. The number of hydrogen-bond acceptors (Lipinski definition) is 3. The van der Waals surface area contributed by atoms with Crippen LogP contribution in [0.4, 0.5) is 5.69 Å². The largest absolute Gasteiger partial charge is 0.365 e. The lowest BCUT2D eigenvalue weighted by atomic mass is 10.0. The summed E-state index contributed by atoms with van der Waals surface area (Å²) in [6.45, 7) is 3.97. The number of aromatic nitrogens is 1. The van der Waals surface area contributed by atoms with Gasteiger partial charge >= 0.3 is 0 Å². The second kappa shape index (κ2) is 5.02. The van der Waals surface area contributed by atoms with Crippen molar-refractivity contribution in [2.24, 2.45) is 5.73 Å². The molecule has 2 N–H and O–H groups in total. The van der Waals surface area contributed by atoms with Gasteiger partial charge in [0.15, 0.2) is 0 Å². The van der Waals surface area contributed by atoms with Gasteiger partial charge < -0.3 is 10.6 Å². The zero-order chi connectivity index (χ0) is 13.2. The SMILES string of the molecule is CC(N)c1ccc2c(c1)CCN2Cc1ccccn1. The van der Waals surface area contributed by atoms with Gasteiger partial charge in [0, 0.05) is 24.5 Å². The van der Waals surface area contributed by atoms with E-state index in [0.717, 1.165) is 25.2 Å². The molecule has 0 radical (unpaired) electrons. The molecule has 2 heterocycles. The first-order valence-electron chi connectivity index (χ1n) is 6.77. The Balaban J connectivity index is 1.83. The summed E-state index contributed by atoms with van der Waals surface area (Å²) in [5, 5.41) is 0. The lowest BCUT2D eigenvalue weighted by Gasteiger charge is -2.19. The molecule has 1 atom stereocenters. The van der Waals surface area contributed by atoms with Crippen molar-refractivity contribution in [2.75, 3.05) is 11.4 Å². The zero-order valence-electron chi connectivity index (χ0n) is 11.2. The highest BCUT2D eigenvalue weighted by atomic mass is 15.2. The molecule has 1 aliphatic heterocycles. The first-order chi connectivity index (χ1) is 9.24. The summed E-state index contributed by atoms with van der Waals surface area (Å²) in [6.07, 6.45) is 2.95. The van der Waals surface area contributed by atoms with Crippen LogP contribution < -0.4 is 10.6 Å². The second-order valence-corrected chi connectivity index (χ2v) is 5.17.